The van der Waals surface area contributed by atoms with E-state index in [1.165, 1.54) is 13.0 Å². The number of carboxylic acid groups (broad SMARTS) is 1. The largest absolute Gasteiger partial charge is 0.481 e. The molecule has 2 aromatic rings. The van der Waals surface area contributed by atoms with E-state index in [-0.39, 0.29) is 12.2 Å². The van der Waals surface area contributed by atoms with Gasteiger partial charge in [0, 0.05) is 23.6 Å². The van der Waals surface area contributed by atoms with Gasteiger partial charge < -0.3 is 5.11 Å². The molecule has 0 bridgehead atoms. The summed E-state index contributed by atoms with van der Waals surface area (Å²) in [6.45, 7) is 1.50. The highest BCUT2D eigenvalue weighted by Gasteiger charge is 2.18. The van der Waals surface area contributed by atoms with Crippen molar-refractivity contribution in [1.29, 1.82) is 0 Å². The van der Waals surface area contributed by atoms with Crippen molar-refractivity contribution < 1.29 is 14.7 Å². The van der Waals surface area contributed by atoms with Gasteiger partial charge in [-0.2, -0.15) is 0 Å². The number of carboxylic acids is 1. The molecule has 0 saturated heterocycles. The standard InChI is InChI=1S/C14H12ClNO3/c1-8(14(18)19)5-12(17)10-6-9-3-2-4-16-13(9)11(15)7-10/h2-4,6-8H,5H2,1H3,(H,18,19). The Kier molecular flexibility index (Phi) is 3.81. The Labute approximate surface area is 115 Å². The first-order valence-electron chi connectivity index (χ1n) is 5.79. The number of pyridine rings is 1. The maximum atomic E-state index is 12.0. The molecule has 0 aliphatic heterocycles. The highest BCUT2D eigenvalue weighted by molar-refractivity contribution is 6.35. The third-order valence-corrected chi connectivity index (χ3v) is 3.18. The smallest absolute Gasteiger partial charge is 0.306 e. The SMILES string of the molecule is CC(CC(=O)c1cc(Cl)c2ncccc2c1)C(=O)O. The fraction of sp³-hybridized carbons (Fsp3) is 0.214. The number of nitrogens with zero attached hydrogens (tertiary/aromatic N) is 1. The Morgan fingerprint density at radius 2 is 2.16 bits per heavy atom. The first-order chi connectivity index (χ1) is 8.99. The average molecular weight is 278 g/mol. The summed E-state index contributed by atoms with van der Waals surface area (Å²) in [6, 6.07) is 6.79. The lowest BCUT2D eigenvalue weighted by molar-refractivity contribution is -0.141. The molecule has 4 nitrogen and oxygen atoms in total. The van der Waals surface area contributed by atoms with E-state index >= 15 is 0 Å². The molecule has 1 N–H and O–H groups in total. The summed E-state index contributed by atoms with van der Waals surface area (Å²) in [5.41, 5.74) is 1.05. The van der Waals surface area contributed by atoms with Crippen LogP contribution in [0, 0.1) is 5.92 Å². The van der Waals surface area contributed by atoms with Crippen LogP contribution in [0.5, 0.6) is 0 Å². The second-order valence-electron chi connectivity index (χ2n) is 4.40. The summed E-state index contributed by atoms with van der Waals surface area (Å²) in [5.74, 6) is -1.93. The van der Waals surface area contributed by atoms with Gasteiger partial charge in [-0.3, -0.25) is 14.6 Å². The minimum Gasteiger partial charge on any atom is -0.481 e. The van der Waals surface area contributed by atoms with E-state index < -0.39 is 11.9 Å². The zero-order chi connectivity index (χ0) is 14.0. The summed E-state index contributed by atoms with van der Waals surface area (Å²) >= 11 is 6.07. The molecule has 2 rings (SSSR count). The number of carbonyl (C=O) groups excluding carboxylic acids is 1. The van der Waals surface area contributed by atoms with Gasteiger partial charge in [0.2, 0.25) is 0 Å². The van der Waals surface area contributed by atoms with Crippen molar-refractivity contribution in [1.82, 2.24) is 4.98 Å². The Balaban J connectivity index is 2.35. The third-order valence-electron chi connectivity index (χ3n) is 2.89. The Hall–Kier alpha value is -1.94. The van der Waals surface area contributed by atoms with Crippen LogP contribution >= 0.6 is 11.6 Å². The van der Waals surface area contributed by atoms with Gasteiger partial charge in [0.15, 0.2) is 5.78 Å². The number of aromatic nitrogens is 1. The van der Waals surface area contributed by atoms with Crippen LogP contribution in [0.4, 0.5) is 0 Å². The van der Waals surface area contributed by atoms with Crippen molar-refractivity contribution in [3.63, 3.8) is 0 Å². The monoisotopic (exact) mass is 277 g/mol. The van der Waals surface area contributed by atoms with Gasteiger partial charge in [0.05, 0.1) is 16.5 Å². The zero-order valence-electron chi connectivity index (χ0n) is 10.3. The lowest BCUT2D eigenvalue weighted by Crippen LogP contribution is -2.14. The van der Waals surface area contributed by atoms with E-state index in [4.69, 9.17) is 16.7 Å². The van der Waals surface area contributed by atoms with Crippen molar-refractivity contribution in [2.75, 3.05) is 0 Å². The third kappa shape index (κ3) is 2.90. The molecule has 5 heteroatoms. The molecule has 0 saturated carbocycles. The summed E-state index contributed by atoms with van der Waals surface area (Å²) in [5, 5.41) is 9.97. The first kappa shape index (κ1) is 13.5. The van der Waals surface area contributed by atoms with E-state index in [2.05, 4.69) is 4.98 Å². The predicted molar refractivity (Wildman–Crippen MR) is 72.5 cm³/mol. The number of carbonyl (C=O) groups is 2. The van der Waals surface area contributed by atoms with Crippen molar-refractivity contribution in [2.24, 2.45) is 5.92 Å². The van der Waals surface area contributed by atoms with Gasteiger partial charge in [0.25, 0.3) is 0 Å². The van der Waals surface area contributed by atoms with Crippen molar-refractivity contribution in [3.05, 3.63) is 41.0 Å². The molecule has 0 aliphatic rings. The lowest BCUT2D eigenvalue weighted by Gasteiger charge is -2.07. The molecular formula is C14H12ClNO3. The van der Waals surface area contributed by atoms with Gasteiger partial charge in [-0.25, -0.2) is 0 Å². The van der Waals surface area contributed by atoms with Gasteiger partial charge in [-0.1, -0.05) is 24.6 Å². The minimum absolute atomic E-state index is 0.0442. The quantitative estimate of drug-likeness (QED) is 0.872. The highest BCUT2D eigenvalue weighted by Crippen LogP contribution is 2.24. The normalized spacial score (nSPS) is 12.3. The summed E-state index contributed by atoms with van der Waals surface area (Å²) in [4.78, 5) is 26.9. The van der Waals surface area contributed by atoms with Crippen LogP contribution in [0.2, 0.25) is 5.02 Å². The maximum absolute atomic E-state index is 12.0. The molecule has 0 radical (unpaired) electrons. The highest BCUT2D eigenvalue weighted by atomic mass is 35.5. The van der Waals surface area contributed by atoms with E-state index in [1.807, 2.05) is 6.07 Å². The number of rotatable bonds is 4. The van der Waals surface area contributed by atoms with Crippen LogP contribution in [-0.4, -0.2) is 21.8 Å². The van der Waals surface area contributed by atoms with Crippen LogP contribution in [0.15, 0.2) is 30.5 Å². The molecule has 0 aliphatic carbocycles. The summed E-state index contributed by atoms with van der Waals surface area (Å²) < 4.78 is 0. The number of ketones is 1. The number of Topliss-reactive ketones (excluding diaryl/α,β-unsaturated/α-hetero) is 1. The first-order valence-corrected chi connectivity index (χ1v) is 6.17. The molecule has 19 heavy (non-hydrogen) atoms. The van der Waals surface area contributed by atoms with Crippen LogP contribution in [-0.2, 0) is 4.79 Å². The molecule has 1 heterocycles. The maximum Gasteiger partial charge on any atom is 0.306 e. The van der Waals surface area contributed by atoms with Gasteiger partial charge in [-0.15, -0.1) is 0 Å². The number of halogens is 1. The molecule has 98 valence electrons. The van der Waals surface area contributed by atoms with Crippen LogP contribution in [0.3, 0.4) is 0 Å². The Morgan fingerprint density at radius 1 is 1.42 bits per heavy atom. The number of hydrogen-bond donors (Lipinski definition) is 1. The topological polar surface area (TPSA) is 67.3 Å². The molecule has 1 unspecified atom stereocenters. The van der Waals surface area contributed by atoms with E-state index in [9.17, 15) is 9.59 Å². The predicted octanol–water partition coefficient (Wildman–Crippen LogP) is 3.18. The Bertz CT molecular complexity index is 654. The molecule has 0 spiro atoms. The fourth-order valence-corrected chi connectivity index (χ4v) is 2.07. The zero-order valence-corrected chi connectivity index (χ0v) is 11.0. The average Bonchev–Trinajstić information content (AvgIpc) is 2.38. The van der Waals surface area contributed by atoms with Gasteiger partial charge in [0.1, 0.15) is 0 Å². The van der Waals surface area contributed by atoms with Crippen molar-refractivity contribution in [2.45, 2.75) is 13.3 Å². The molecule has 1 atom stereocenters. The Morgan fingerprint density at radius 3 is 2.84 bits per heavy atom. The van der Waals surface area contributed by atoms with Crippen LogP contribution in [0.25, 0.3) is 10.9 Å². The number of aliphatic carboxylic acids is 1. The molecule has 0 amide bonds. The number of benzene rings is 1. The van der Waals surface area contributed by atoms with Crippen LogP contribution in [0.1, 0.15) is 23.7 Å². The van der Waals surface area contributed by atoms with Gasteiger partial charge in [-0.05, 0) is 18.2 Å². The second-order valence-corrected chi connectivity index (χ2v) is 4.81. The van der Waals surface area contributed by atoms with Crippen molar-refractivity contribution >= 4 is 34.3 Å². The van der Waals surface area contributed by atoms with Gasteiger partial charge >= 0.3 is 5.97 Å². The molecule has 1 aromatic carbocycles. The molecule has 0 fully saturated rings. The molecular weight excluding hydrogens is 266 g/mol. The number of hydrogen-bond acceptors (Lipinski definition) is 3. The second kappa shape index (κ2) is 5.36. The van der Waals surface area contributed by atoms with E-state index in [1.54, 1.807) is 18.3 Å². The lowest BCUT2D eigenvalue weighted by atomic mass is 9.99. The van der Waals surface area contributed by atoms with E-state index in [0.29, 0.717) is 16.1 Å². The summed E-state index contributed by atoms with van der Waals surface area (Å²) in [6.07, 6.45) is 1.58. The number of fused-ring (bicyclic) bond motifs is 1. The fourth-order valence-electron chi connectivity index (χ4n) is 1.79. The minimum atomic E-state index is -0.984. The molecule has 1 aromatic heterocycles. The van der Waals surface area contributed by atoms with E-state index in [0.717, 1.165) is 5.39 Å². The van der Waals surface area contributed by atoms with Crippen molar-refractivity contribution in [3.8, 4) is 0 Å². The summed E-state index contributed by atoms with van der Waals surface area (Å²) in [7, 11) is 0. The van der Waals surface area contributed by atoms with Crippen LogP contribution < -0.4 is 0 Å².